The third-order valence-electron chi connectivity index (χ3n) is 5.44. The van der Waals surface area contributed by atoms with E-state index in [1.165, 1.54) is 11.9 Å². The van der Waals surface area contributed by atoms with Gasteiger partial charge in [0.05, 0.1) is 11.9 Å². The van der Waals surface area contributed by atoms with E-state index in [2.05, 4.69) is 5.32 Å². The fourth-order valence-electron chi connectivity index (χ4n) is 3.87. The molecule has 0 heterocycles. The van der Waals surface area contributed by atoms with Crippen LogP contribution in [0.5, 0.6) is 0 Å². The lowest BCUT2D eigenvalue weighted by molar-refractivity contribution is -0.140. The molecule has 0 fully saturated rings. The number of nitrogens with one attached hydrogen (secondary N) is 1. The van der Waals surface area contributed by atoms with Crippen LogP contribution in [0.3, 0.4) is 0 Å². The number of nitrogens with zero attached hydrogens (tertiary/aromatic N) is 2. The van der Waals surface area contributed by atoms with Gasteiger partial charge in [-0.05, 0) is 43.9 Å². The summed E-state index contributed by atoms with van der Waals surface area (Å²) in [5.74, 6) is -0.721. The molecule has 32 heavy (non-hydrogen) atoms. The van der Waals surface area contributed by atoms with Crippen LogP contribution < -0.4 is 9.62 Å². The minimum atomic E-state index is -3.74. The lowest BCUT2D eigenvalue weighted by atomic mass is 10.1. The predicted octanol–water partition coefficient (Wildman–Crippen LogP) is 2.93. The van der Waals surface area contributed by atoms with Gasteiger partial charge < -0.3 is 10.2 Å². The lowest BCUT2D eigenvalue weighted by Crippen LogP contribution is -2.51. The Morgan fingerprint density at radius 2 is 1.62 bits per heavy atom. The van der Waals surface area contributed by atoms with E-state index in [9.17, 15) is 18.0 Å². The van der Waals surface area contributed by atoms with Crippen LogP contribution in [0.25, 0.3) is 0 Å². The molecule has 0 radical (unpaired) electrons. The van der Waals surface area contributed by atoms with E-state index in [1.54, 1.807) is 0 Å². The number of anilines is 1. The fraction of sp³-hybridized carbons (Fsp3) is 0.417. The molecule has 0 aliphatic carbocycles. The Labute approximate surface area is 191 Å². The first-order chi connectivity index (χ1) is 15.0. The molecule has 0 saturated heterocycles. The maximum absolute atomic E-state index is 13.5. The summed E-state index contributed by atoms with van der Waals surface area (Å²) in [6, 6.07) is 12.5. The van der Waals surface area contributed by atoms with Crippen LogP contribution in [0.1, 0.15) is 35.6 Å². The van der Waals surface area contributed by atoms with E-state index in [4.69, 9.17) is 0 Å². The van der Waals surface area contributed by atoms with Crippen molar-refractivity contribution in [2.24, 2.45) is 0 Å². The number of amides is 2. The van der Waals surface area contributed by atoms with Crippen LogP contribution in [0, 0.1) is 20.8 Å². The van der Waals surface area contributed by atoms with Crippen molar-refractivity contribution in [2.45, 2.75) is 46.7 Å². The molecule has 2 aromatic carbocycles. The molecule has 0 saturated carbocycles. The van der Waals surface area contributed by atoms with Gasteiger partial charge in [0.1, 0.15) is 12.6 Å². The van der Waals surface area contributed by atoms with Crippen molar-refractivity contribution >= 4 is 27.5 Å². The molecule has 8 heteroatoms. The molecule has 0 bridgehead atoms. The summed E-state index contributed by atoms with van der Waals surface area (Å²) in [4.78, 5) is 27.6. The van der Waals surface area contributed by atoms with Crippen LogP contribution in [-0.2, 0) is 26.2 Å². The van der Waals surface area contributed by atoms with Crippen molar-refractivity contribution in [2.75, 3.05) is 24.2 Å². The van der Waals surface area contributed by atoms with Gasteiger partial charge in [0.15, 0.2) is 0 Å². The first-order valence-electron chi connectivity index (χ1n) is 10.6. The third-order valence-corrected chi connectivity index (χ3v) is 6.55. The second-order valence-electron chi connectivity index (χ2n) is 8.06. The van der Waals surface area contributed by atoms with Gasteiger partial charge >= 0.3 is 0 Å². The van der Waals surface area contributed by atoms with Crippen molar-refractivity contribution in [1.29, 1.82) is 0 Å². The van der Waals surface area contributed by atoms with E-state index in [1.807, 2.05) is 70.2 Å². The van der Waals surface area contributed by atoms with Crippen molar-refractivity contribution in [1.82, 2.24) is 10.2 Å². The molecule has 0 aromatic heterocycles. The average molecular weight is 460 g/mol. The van der Waals surface area contributed by atoms with Gasteiger partial charge in [0, 0.05) is 13.6 Å². The molecule has 7 nitrogen and oxygen atoms in total. The standard InChI is InChI=1S/C24H33N3O4S/c1-7-21(24(29)25-5)26(15-20-13-8-10-17(2)14-20)22(28)16-27(32(6,30)31)23-18(3)11-9-12-19(23)4/h8-14,21H,7,15-16H2,1-6H3,(H,25,29)/t21-/m1/s1. The lowest BCUT2D eigenvalue weighted by Gasteiger charge is -2.33. The summed E-state index contributed by atoms with van der Waals surface area (Å²) in [5.41, 5.74) is 3.92. The highest BCUT2D eigenvalue weighted by molar-refractivity contribution is 7.92. The molecule has 0 unspecified atom stereocenters. The second-order valence-corrected chi connectivity index (χ2v) is 9.97. The molecular weight excluding hydrogens is 426 g/mol. The largest absolute Gasteiger partial charge is 0.357 e. The van der Waals surface area contributed by atoms with Gasteiger partial charge in [0.25, 0.3) is 0 Å². The number of benzene rings is 2. The second kappa shape index (κ2) is 10.6. The zero-order chi connectivity index (χ0) is 24.1. The number of likely N-dealkylation sites (N-methyl/N-ethyl adjacent to an activating group) is 1. The smallest absolute Gasteiger partial charge is 0.244 e. The summed E-state index contributed by atoms with van der Waals surface area (Å²) in [7, 11) is -2.22. The molecule has 2 rings (SSSR count). The molecular formula is C24H33N3O4S. The van der Waals surface area contributed by atoms with Crippen LogP contribution in [0.4, 0.5) is 5.69 Å². The van der Waals surface area contributed by atoms with Gasteiger partial charge in [-0.15, -0.1) is 0 Å². The maximum Gasteiger partial charge on any atom is 0.244 e. The maximum atomic E-state index is 13.5. The number of carbonyl (C=O) groups excluding carboxylic acids is 2. The molecule has 1 atom stereocenters. The SMILES string of the molecule is CC[C@H](C(=O)NC)N(Cc1cccc(C)c1)C(=O)CN(c1c(C)cccc1C)S(C)(=O)=O. The molecule has 174 valence electrons. The van der Waals surface area contributed by atoms with Gasteiger partial charge in [-0.1, -0.05) is 55.0 Å². The van der Waals surface area contributed by atoms with Gasteiger partial charge in [-0.25, -0.2) is 8.42 Å². The van der Waals surface area contributed by atoms with Crippen molar-refractivity contribution in [3.63, 3.8) is 0 Å². The monoisotopic (exact) mass is 459 g/mol. The molecule has 1 N–H and O–H groups in total. The van der Waals surface area contributed by atoms with Crippen LogP contribution in [0.15, 0.2) is 42.5 Å². The Morgan fingerprint density at radius 1 is 1.03 bits per heavy atom. The Kier molecular flexibility index (Phi) is 8.44. The molecule has 0 aliphatic rings. The average Bonchev–Trinajstić information content (AvgIpc) is 2.71. The van der Waals surface area contributed by atoms with E-state index < -0.39 is 22.0 Å². The zero-order valence-electron chi connectivity index (χ0n) is 19.7. The van der Waals surface area contributed by atoms with Gasteiger partial charge in [-0.3, -0.25) is 13.9 Å². The summed E-state index contributed by atoms with van der Waals surface area (Å²) in [6.45, 7) is 7.23. The number of hydrogen-bond acceptors (Lipinski definition) is 4. The number of carbonyl (C=O) groups is 2. The number of hydrogen-bond donors (Lipinski definition) is 1. The van der Waals surface area contributed by atoms with E-state index in [0.29, 0.717) is 12.1 Å². The highest BCUT2D eigenvalue weighted by Crippen LogP contribution is 2.27. The molecule has 0 aliphatic heterocycles. The summed E-state index contributed by atoms with van der Waals surface area (Å²) < 4.78 is 26.5. The Hall–Kier alpha value is -2.87. The normalized spacial score (nSPS) is 12.2. The Bertz CT molecular complexity index is 1060. The summed E-state index contributed by atoms with van der Waals surface area (Å²) in [5, 5.41) is 2.62. The van der Waals surface area contributed by atoms with E-state index >= 15 is 0 Å². The van der Waals surface area contributed by atoms with Crippen LogP contribution in [0.2, 0.25) is 0 Å². The first kappa shape index (κ1) is 25.4. The fourth-order valence-corrected chi connectivity index (χ4v) is 4.83. The van der Waals surface area contributed by atoms with Crippen LogP contribution >= 0.6 is 0 Å². The third kappa shape index (κ3) is 6.09. The summed E-state index contributed by atoms with van der Waals surface area (Å²) >= 11 is 0. The minimum Gasteiger partial charge on any atom is -0.357 e. The van der Waals surface area contributed by atoms with E-state index in [-0.39, 0.29) is 19.0 Å². The number of rotatable bonds is 9. The topological polar surface area (TPSA) is 86.8 Å². The highest BCUT2D eigenvalue weighted by atomic mass is 32.2. The van der Waals surface area contributed by atoms with Gasteiger partial charge in [0.2, 0.25) is 21.8 Å². The van der Waals surface area contributed by atoms with Crippen LogP contribution in [-0.4, -0.2) is 51.0 Å². The van der Waals surface area contributed by atoms with Crippen molar-refractivity contribution in [3.8, 4) is 0 Å². The number of para-hydroxylation sites is 1. The number of aryl methyl sites for hydroxylation is 3. The Balaban J connectivity index is 2.49. The molecule has 0 spiro atoms. The predicted molar refractivity (Wildman–Crippen MR) is 128 cm³/mol. The van der Waals surface area contributed by atoms with Gasteiger partial charge in [-0.2, -0.15) is 0 Å². The highest BCUT2D eigenvalue weighted by Gasteiger charge is 2.32. The number of sulfonamides is 1. The Morgan fingerprint density at radius 3 is 2.12 bits per heavy atom. The quantitative estimate of drug-likeness (QED) is 0.625. The van der Waals surface area contributed by atoms with Crippen molar-refractivity contribution in [3.05, 3.63) is 64.7 Å². The summed E-state index contributed by atoms with van der Waals surface area (Å²) in [6.07, 6.45) is 1.49. The van der Waals surface area contributed by atoms with Crippen molar-refractivity contribution < 1.29 is 18.0 Å². The zero-order valence-corrected chi connectivity index (χ0v) is 20.5. The van der Waals surface area contributed by atoms with E-state index in [0.717, 1.165) is 32.8 Å². The minimum absolute atomic E-state index is 0.205. The molecule has 2 aromatic rings. The molecule has 2 amide bonds. The first-order valence-corrected chi connectivity index (χ1v) is 12.4.